The molecule has 0 aliphatic rings. The SMILES string of the molecule is CC(C(=O)O)c1cccc(Oc2ccccc2)c1.CC(C(=O)O)c1cccc(Oc2ccccc2)c1. The molecule has 0 radical (unpaired) electrons. The van der Waals surface area contributed by atoms with Crippen molar-refractivity contribution in [3.05, 3.63) is 120 Å². The van der Waals surface area contributed by atoms with Crippen molar-refractivity contribution in [3.63, 3.8) is 0 Å². The molecule has 4 rings (SSSR count). The molecule has 0 saturated carbocycles. The zero-order valence-corrected chi connectivity index (χ0v) is 20.1. The van der Waals surface area contributed by atoms with Crippen LogP contribution in [0.3, 0.4) is 0 Å². The minimum absolute atomic E-state index is 0.538. The maximum Gasteiger partial charge on any atom is 0.310 e. The number of carbonyl (C=O) groups is 2. The van der Waals surface area contributed by atoms with Crippen molar-refractivity contribution in [2.75, 3.05) is 0 Å². The summed E-state index contributed by atoms with van der Waals surface area (Å²) in [5, 5.41) is 18.0. The maximum absolute atomic E-state index is 10.9. The summed E-state index contributed by atoms with van der Waals surface area (Å²) in [5.41, 5.74) is 1.46. The number of rotatable bonds is 8. The molecule has 2 unspecified atom stereocenters. The van der Waals surface area contributed by atoms with Crippen LogP contribution in [0, 0.1) is 0 Å². The average Bonchev–Trinajstić information content (AvgIpc) is 2.89. The number of carboxylic acid groups (broad SMARTS) is 2. The van der Waals surface area contributed by atoms with Gasteiger partial charge in [0.25, 0.3) is 0 Å². The van der Waals surface area contributed by atoms with Crippen LogP contribution in [0.4, 0.5) is 0 Å². The number of para-hydroxylation sites is 2. The van der Waals surface area contributed by atoms with Gasteiger partial charge in [-0.15, -0.1) is 0 Å². The van der Waals surface area contributed by atoms with Crippen LogP contribution < -0.4 is 9.47 Å². The van der Waals surface area contributed by atoms with E-state index in [1.54, 1.807) is 50.2 Å². The van der Waals surface area contributed by atoms with Gasteiger partial charge in [-0.3, -0.25) is 9.59 Å². The molecule has 36 heavy (non-hydrogen) atoms. The number of ether oxygens (including phenoxy) is 2. The van der Waals surface area contributed by atoms with Crippen molar-refractivity contribution in [2.45, 2.75) is 25.7 Å². The molecule has 6 heteroatoms. The lowest BCUT2D eigenvalue weighted by molar-refractivity contribution is -0.139. The summed E-state index contributed by atoms with van der Waals surface area (Å²) >= 11 is 0. The van der Waals surface area contributed by atoms with E-state index in [-0.39, 0.29) is 0 Å². The molecule has 2 atom stereocenters. The highest BCUT2D eigenvalue weighted by Crippen LogP contribution is 2.26. The number of aliphatic carboxylic acids is 2. The van der Waals surface area contributed by atoms with Gasteiger partial charge in [0.05, 0.1) is 11.8 Å². The third kappa shape index (κ3) is 7.74. The zero-order chi connectivity index (χ0) is 25.9. The first-order valence-electron chi connectivity index (χ1n) is 11.4. The average molecular weight is 485 g/mol. The third-order valence-corrected chi connectivity index (χ3v) is 5.41. The molecule has 0 amide bonds. The number of hydrogen-bond acceptors (Lipinski definition) is 4. The Bertz CT molecular complexity index is 1170. The molecule has 4 aromatic carbocycles. The number of benzene rings is 4. The van der Waals surface area contributed by atoms with Gasteiger partial charge in [0.1, 0.15) is 23.0 Å². The van der Waals surface area contributed by atoms with Crippen molar-refractivity contribution in [1.29, 1.82) is 0 Å². The van der Waals surface area contributed by atoms with Crippen LogP contribution in [0.1, 0.15) is 36.8 Å². The smallest absolute Gasteiger partial charge is 0.310 e. The molecule has 0 saturated heterocycles. The first-order chi connectivity index (χ1) is 17.3. The lowest BCUT2D eigenvalue weighted by atomic mass is 10.0. The summed E-state index contributed by atoms with van der Waals surface area (Å²) in [4.78, 5) is 21.9. The van der Waals surface area contributed by atoms with Crippen LogP contribution >= 0.6 is 0 Å². The van der Waals surface area contributed by atoms with Gasteiger partial charge in [-0.2, -0.15) is 0 Å². The Labute approximate surface area is 210 Å². The Balaban J connectivity index is 0.000000201. The van der Waals surface area contributed by atoms with Crippen LogP contribution in [-0.4, -0.2) is 22.2 Å². The molecule has 6 nitrogen and oxygen atoms in total. The highest BCUT2D eigenvalue weighted by molar-refractivity contribution is 5.76. The first kappa shape index (κ1) is 26.0. The van der Waals surface area contributed by atoms with Gasteiger partial charge in [0.15, 0.2) is 0 Å². The minimum atomic E-state index is -0.841. The Morgan fingerprint density at radius 2 is 0.861 bits per heavy atom. The first-order valence-corrected chi connectivity index (χ1v) is 11.4. The van der Waals surface area contributed by atoms with Gasteiger partial charge < -0.3 is 19.7 Å². The lowest BCUT2D eigenvalue weighted by Gasteiger charge is -2.10. The fourth-order valence-electron chi connectivity index (χ4n) is 3.23. The second-order valence-electron chi connectivity index (χ2n) is 8.10. The predicted molar refractivity (Wildman–Crippen MR) is 138 cm³/mol. The summed E-state index contributed by atoms with van der Waals surface area (Å²) in [7, 11) is 0. The topological polar surface area (TPSA) is 93.1 Å². The quantitative estimate of drug-likeness (QED) is 0.272. The molecule has 184 valence electrons. The Morgan fingerprint density at radius 3 is 1.19 bits per heavy atom. The highest BCUT2D eigenvalue weighted by Gasteiger charge is 2.15. The number of carboxylic acids is 2. The standard InChI is InChI=1S/2C15H14O3/c2*1-11(15(16)17)12-6-5-9-14(10-12)18-13-7-3-2-4-8-13/h2*2-11H,1H3,(H,16,17). The van der Waals surface area contributed by atoms with Crippen molar-refractivity contribution in [3.8, 4) is 23.0 Å². The summed E-state index contributed by atoms with van der Waals surface area (Å²) in [6.07, 6.45) is 0. The molecule has 0 fully saturated rings. The van der Waals surface area contributed by atoms with E-state index in [9.17, 15) is 9.59 Å². The van der Waals surface area contributed by atoms with Gasteiger partial charge in [0, 0.05) is 0 Å². The third-order valence-electron chi connectivity index (χ3n) is 5.41. The molecule has 0 aromatic heterocycles. The molecule has 0 bridgehead atoms. The van der Waals surface area contributed by atoms with E-state index < -0.39 is 23.8 Å². The van der Waals surface area contributed by atoms with E-state index >= 15 is 0 Å². The van der Waals surface area contributed by atoms with E-state index in [0.29, 0.717) is 11.5 Å². The van der Waals surface area contributed by atoms with Crippen LogP contribution in [0.25, 0.3) is 0 Å². The van der Waals surface area contributed by atoms with E-state index in [4.69, 9.17) is 19.7 Å². The largest absolute Gasteiger partial charge is 0.481 e. The van der Waals surface area contributed by atoms with E-state index in [0.717, 1.165) is 22.6 Å². The fourth-order valence-corrected chi connectivity index (χ4v) is 3.23. The van der Waals surface area contributed by atoms with Crippen molar-refractivity contribution >= 4 is 11.9 Å². The van der Waals surface area contributed by atoms with Gasteiger partial charge >= 0.3 is 11.9 Å². The fraction of sp³-hybridized carbons (Fsp3) is 0.133. The second kappa shape index (κ2) is 12.8. The summed E-state index contributed by atoms with van der Waals surface area (Å²) in [6.45, 7) is 3.31. The van der Waals surface area contributed by atoms with E-state index in [1.165, 1.54) is 0 Å². The predicted octanol–water partition coefficient (Wildman–Crippen LogP) is 7.33. The Hall–Kier alpha value is -4.58. The normalized spacial score (nSPS) is 11.8. The van der Waals surface area contributed by atoms with Gasteiger partial charge in [-0.25, -0.2) is 0 Å². The van der Waals surface area contributed by atoms with E-state index in [1.807, 2.05) is 72.8 Å². The lowest BCUT2D eigenvalue weighted by Crippen LogP contribution is -2.07. The van der Waals surface area contributed by atoms with Crippen LogP contribution in [0.5, 0.6) is 23.0 Å². The van der Waals surface area contributed by atoms with Gasteiger partial charge in [-0.05, 0) is 73.5 Å². The molecule has 4 aromatic rings. The number of hydrogen-bond donors (Lipinski definition) is 2. The summed E-state index contributed by atoms with van der Waals surface area (Å²) < 4.78 is 11.3. The zero-order valence-electron chi connectivity index (χ0n) is 20.1. The van der Waals surface area contributed by atoms with Crippen molar-refractivity contribution < 1.29 is 29.3 Å². The van der Waals surface area contributed by atoms with Crippen molar-refractivity contribution in [1.82, 2.24) is 0 Å². The highest BCUT2D eigenvalue weighted by atomic mass is 16.5. The molecule has 0 spiro atoms. The van der Waals surface area contributed by atoms with Crippen LogP contribution in [0.15, 0.2) is 109 Å². The Kier molecular flexibility index (Phi) is 9.23. The molecule has 2 N–H and O–H groups in total. The molecule has 0 heterocycles. The monoisotopic (exact) mass is 484 g/mol. The van der Waals surface area contributed by atoms with Crippen LogP contribution in [-0.2, 0) is 9.59 Å². The van der Waals surface area contributed by atoms with Crippen molar-refractivity contribution in [2.24, 2.45) is 0 Å². The van der Waals surface area contributed by atoms with Crippen LogP contribution in [0.2, 0.25) is 0 Å². The second-order valence-corrected chi connectivity index (χ2v) is 8.10. The summed E-state index contributed by atoms with van der Waals surface area (Å²) in [6, 6.07) is 33.1. The molecular weight excluding hydrogens is 456 g/mol. The Morgan fingerprint density at radius 1 is 0.528 bits per heavy atom. The van der Waals surface area contributed by atoms with E-state index in [2.05, 4.69) is 0 Å². The minimum Gasteiger partial charge on any atom is -0.481 e. The summed E-state index contributed by atoms with van der Waals surface area (Å²) in [5.74, 6) is 0.00113. The molecule has 0 aliphatic heterocycles. The van der Waals surface area contributed by atoms with Gasteiger partial charge in [0.2, 0.25) is 0 Å². The van der Waals surface area contributed by atoms with Gasteiger partial charge in [-0.1, -0.05) is 60.7 Å². The molecular formula is C30H28O6. The molecule has 0 aliphatic carbocycles. The maximum atomic E-state index is 10.9.